The van der Waals surface area contributed by atoms with Crippen LogP contribution in [0.3, 0.4) is 0 Å². The zero-order valence-electron chi connectivity index (χ0n) is 18.9. The minimum atomic E-state index is -4.84. The number of rotatable bonds is 6. The van der Waals surface area contributed by atoms with Crippen molar-refractivity contribution < 1.29 is 39.6 Å². The van der Waals surface area contributed by atoms with Crippen LogP contribution in [0.15, 0.2) is 35.6 Å². The Morgan fingerprint density at radius 1 is 1.17 bits per heavy atom. The maximum Gasteiger partial charge on any atom is 0.417 e. The minimum absolute atomic E-state index is 0.111. The van der Waals surface area contributed by atoms with Gasteiger partial charge in [-0.15, -0.1) is 0 Å². The lowest BCUT2D eigenvalue weighted by Crippen LogP contribution is -2.63. The molecule has 3 rings (SSSR count). The Hall–Kier alpha value is -2.98. The quantitative estimate of drug-likeness (QED) is 0.427. The van der Waals surface area contributed by atoms with Crippen molar-refractivity contribution >= 4 is 27.4 Å². The molecule has 1 amide bonds. The molecule has 2 aromatic rings. The summed E-state index contributed by atoms with van der Waals surface area (Å²) in [5, 5.41) is 6.72. The second-order valence-corrected chi connectivity index (χ2v) is 10.1. The molecule has 0 saturated carbocycles. The summed E-state index contributed by atoms with van der Waals surface area (Å²) < 4.78 is 103. The topological polar surface area (TPSA) is 122 Å². The molecule has 1 aliphatic heterocycles. The highest BCUT2D eigenvalue weighted by molar-refractivity contribution is 7.89. The summed E-state index contributed by atoms with van der Waals surface area (Å²) >= 11 is 0. The highest BCUT2D eigenvalue weighted by Gasteiger charge is 2.43. The van der Waals surface area contributed by atoms with Crippen molar-refractivity contribution in [1.29, 1.82) is 0 Å². The molecule has 16 heteroatoms. The van der Waals surface area contributed by atoms with E-state index in [1.165, 1.54) is 24.8 Å². The lowest BCUT2D eigenvalue weighted by atomic mass is 9.97. The van der Waals surface area contributed by atoms with Crippen LogP contribution in [-0.4, -0.2) is 67.1 Å². The number of anilines is 2. The van der Waals surface area contributed by atoms with E-state index in [0.29, 0.717) is 12.3 Å². The summed E-state index contributed by atoms with van der Waals surface area (Å²) in [6, 6.07) is 2.68. The second kappa shape index (κ2) is 9.82. The van der Waals surface area contributed by atoms with E-state index in [-0.39, 0.29) is 31.1 Å². The number of amides is 1. The lowest BCUT2D eigenvalue weighted by Gasteiger charge is -2.48. The van der Waals surface area contributed by atoms with Gasteiger partial charge in [0, 0.05) is 49.3 Å². The number of sulfonamides is 1. The van der Waals surface area contributed by atoms with E-state index in [0.717, 1.165) is 17.2 Å². The Bertz CT molecular complexity index is 1240. The molecule has 198 valence electrons. The third-order valence-electron chi connectivity index (χ3n) is 5.49. The van der Waals surface area contributed by atoms with Crippen molar-refractivity contribution in [3.05, 3.63) is 41.7 Å². The van der Waals surface area contributed by atoms with Crippen molar-refractivity contribution in [2.45, 2.75) is 43.3 Å². The molecule has 1 fully saturated rings. The summed E-state index contributed by atoms with van der Waals surface area (Å²) in [4.78, 5) is 22.7. The van der Waals surface area contributed by atoms with Crippen LogP contribution in [-0.2, 0) is 16.2 Å². The first kappa shape index (κ1) is 27.6. The summed E-state index contributed by atoms with van der Waals surface area (Å²) in [7, 11) is -4.23. The van der Waals surface area contributed by atoms with E-state index < -0.39 is 56.5 Å². The molecule has 1 aliphatic rings. The van der Waals surface area contributed by atoms with Gasteiger partial charge < -0.3 is 10.2 Å². The lowest BCUT2D eigenvalue weighted by molar-refractivity contribution is -0.137. The van der Waals surface area contributed by atoms with Crippen LogP contribution < -0.4 is 15.4 Å². The zero-order chi connectivity index (χ0) is 27.1. The molecular formula is C20H22F6N6O3S. The number of pyridine rings is 2. The van der Waals surface area contributed by atoms with Gasteiger partial charge in [0.15, 0.2) is 5.03 Å². The summed E-state index contributed by atoms with van der Waals surface area (Å²) in [5.74, 6) is -1.26. The smallest absolute Gasteiger partial charge is 0.353 e. The van der Waals surface area contributed by atoms with E-state index in [1.54, 1.807) is 0 Å². The zero-order valence-corrected chi connectivity index (χ0v) is 19.7. The molecular weight excluding hydrogens is 518 g/mol. The highest BCUT2D eigenvalue weighted by atomic mass is 32.2. The molecule has 1 atom stereocenters. The van der Waals surface area contributed by atoms with Crippen LogP contribution in [0, 0.1) is 0 Å². The van der Waals surface area contributed by atoms with E-state index >= 15 is 0 Å². The molecule has 0 bridgehead atoms. The molecule has 9 nitrogen and oxygen atoms in total. The number of primary sulfonamides is 1. The predicted octanol–water partition coefficient (Wildman–Crippen LogP) is 2.86. The van der Waals surface area contributed by atoms with Gasteiger partial charge in [-0.25, -0.2) is 36.7 Å². The Morgan fingerprint density at radius 3 is 2.39 bits per heavy atom. The van der Waals surface area contributed by atoms with Gasteiger partial charge >= 0.3 is 6.18 Å². The van der Waals surface area contributed by atoms with Gasteiger partial charge in [-0.05, 0) is 26.0 Å². The van der Waals surface area contributed by atoms with Gasteiger partial charge in [-0.2, -0.15) is 13.2 Å². The number of alkyl halides is 6. The van der Waals surface area contributed by atoms with Crippen LogP contribution in [0.2, 0.25) is 0 Å². The van der Waals surface area contributed by atoms with Gasteiger partial charge in [0.25, 0.3) is 22.4 Å². The van der Waals surface area contributed by atoms with E-state index in [4.69, 9.17) is 5.14 Å². The fourth-order valence-corrected chi connectivity index (χ4v) is 4.31. The van der Waals surface area contributed by atoms with Crippen molar-refractivity contribution in [2.75, 3.05) is 29.9 Å². The molecule has 0 aromatic carbocycles. The van der Waals surface area contributed by atoms with Crippen LogP contribution >= 0.6 is 0 Å². The monoisotopic (exact) mass is 540 g/mol. The number of hydrogen-bond donors (Lipinski definition) is 2. The molecule has 3 N–H and O–H groups in total. The summed E-state index contributed by atoms with van der Waals surface area (Å²) in [5.41, 5.74) is -3.06. The molecule has 2 aromatic heterocycles. The van der Waals surface area contributed by atoms with Crippen molar-refractivity contribution in [1.82, 2.24) is 14.9 Å². The van der Waals surface area contributed by atoms with E-state index in [9.17, 15) is 39.6 Å². The number of hydrogen-bond acceptors (Lipinski definition) is 7. The van der Waals surface area contributed by atoms with Gasteiger partial charge in [0.2, 0.25) is 6.30 Å². The number of nitrogens with zero attached hydrogens (tertiary/aromatic N) is 4. The number of aromatic nitrogens is 2. The molecule has 0 spiro atoms. The number of nitrogens with one attached hydrogen (secondary N) is 1. The van der Waals surface area contributed by atoms with Crippen molar-refractivity contribution in [3.8, 4) is 0 Å². The van der Waals surface area contributed by atoms with Crippen LogP contribution in [0.1, 0.15) is 29.8 Å². The molecule has 36 heavy (non-hydrogen) atoms. The number of carbonyl (C=O) groups is 1. The molecule has 1 unspecified atom stereocenters. The molecule has 1 saturated heterocycles. The van der Waals surface area contributed by atoms with Crippen LogP contribution in [0.25, 0.3) is 0 Å². The summed E-state index contributed by atoms with van der Waals surface area (Å²) in [6.45, 7) is 2.49. The fourth-order valence-electron chi connectivity index (χ4n) is 3.81. The van der Waals surface area contributed by atoms with Crippen molar-refractivity contribution in [3.63, 3.8) is 0 Å². The first-order chi connectivity index (χ1) is 16.5. The third kappa shape index (κ3) is 6.04. The van der Waals surface area contributed by atoms with Gasteiger partial charge in [0.05, 0.1) is 11.1 Å². The predicted molar refractivity (Wildman–Crippen MR) is 117 cm³/mol. The normalized spacial score (nSPS) is 17.8. The Morgan fingerprint density at radius 2 is 1.83 bits per heavy atom. The van der Waals surface area contributed by atoms with E-state index in [2.05, 4.69) is 15.3 Å². The highest BCUT2D eigenvalue weighted by Crippen LogP contribution is 2.34. The third-order valence-corrected chi connectivity index (χ3v) is 6.30. The maximum atomic E-state index is 14.1. The number of piperazine rings is 1. The van der Waals surface area contributed by atoms with Crippen LogP contribution in [0.4, 0.5) is 37.8 Å². The largest absolute Gasteiger partial charge is 0.417 e. The number of nitrogens with two attached hydrogens (primary N) is 1. The Labute approximate surface area is 202 Å². The van der Waals surface area contributed by atoms with Crippen molar-refractivity contribution in [2.24, 2.45) is 5.14 Å². The second-order valence-electron chi connectivity index (χ2n) is 8.61. The number of carbonyl (C=O) groups excluding carboxylic acids is 1. The van der Waals surface area contributed by atoms with Gasteiger partial charge in [-0.3, -0.25) is 9.69 Å². The average Bonchev–Trinajstić information content (AvgIpc) is 2.76. The average molecular weight is 540 g/mol. The molecule has 0 radical (unpaired) electrons. The SMILES string of the molecule is CC1(C)CN(c2ncc(C(F)(F)F)cc2C(=O)Nc2ccnc(S(N)(=O)=O)c2)CCN1C(F)C(F)F. The number of halogens is 6. The van der Waals surface area contributed by atoms with E-state index in [1.807, 2.05) is 0 Å². The first-order valence-electron chi connectivity index (χ1n) is 10.3. The molecule has 0 aliphatic carbocycles. The molecule has 3 heterocycles. The minimum Gasteiger partial charge on any atom is -0.353 e. The summed E-state index contributed by atoms with van der Waals surface area (Å²) in [6.07, 6.45) is -9.10. The Kier molecular flexibility index (Phi) is 7.53. The first-order valence-corrected chi connectivity index (χ1v) is 11.9. The van der Waals surface area contributed by atoms with Gasteiger partial charge in [-0.1, -0.05) is 0 Å². The van der Waals surface area contributed by atoms with Gasteiger partial charge in [0.1, 0.15) is 5.82 Å². The standard InChI is InChI=1S/C20H22F6N6O3S/c1-19(2)10-31(5-6-32(19)16(23)15(21)22)17-13(7-11(9-29-17)20(24,25)26)18(33)30-12-3-4-28-14(8-12)36(27,34)35/h3-4,7-9,15-16H,5-6,10H2,1-2H3,(H2,27,34,35)(H,28,30,33). The Balaban J connectivity index is 1.98. The maximum absolute atomic E-state index is 14.1. The fraction of sp³-hybridized carbons (Fsp3) is 0.450. The van der Waals surface area contributed by atoms with Crippen LogP contribution in [0.5, 0.6) is 0 Å².